The van der Waals surface area contributed by atoms with Crippen LogP contribution in [0, 0.1) is 0 Å². The van der Waals surface area contributed by atoms with Gasteiger partial charge in [-0.15, -0.1) is 0 Å². The molecule has 0 unspecified atom stereocenters. The van der Waals surface area contributed by atoms with Crippen molar-refractivity contribution in [3.63, 3.8) is 0 Å². The molecule has 0 N–H and O–H groups in total. The summed E-state index contributed by atoms with van der Waals surface area (Å²) in [6.45, 7) is 1.04. The highest BCUT2D eigenvalue weighted by molar-refractivity contribution is 5.88. The molecule has 2 aliphatic rings. The van der Waals surface area contributed by atoms with Gasteiger partial charge in [-0.25, -0.2) is 4.79 Å². The fourth-order valence-electron chi connectivity index (χ4n) is 1.01. The van der Waals surface area contributed by atoms with Gasteiger partial charge in [0.15, 0.2) is 0 Å². The van der Waals surface area contributed by atoms with E-state index in [4.69, 9.17) is 9.47 Å². The van der Waals surface area contributed by atoms with Crippen LogP contribution < -0.4 is 0 Å². The van der Waals surface area contributed by atoms with Crippen molar-refractivity contribution >= 4 is 5.97 Å². The van der Waals surface area contributed by atoms with E-state index in [0.29, 0.717) is 19.0 Å². The maximum absolute atomic E-state index is 10.6. The molecule has 2 rings (SSSR count). The van der Waals surface area contributed by atoms with E-state index in [1.165, 1.54) is 6.08 Å². The fraction of sp³-hybridized carbons (Fsp3) is 0.286. The lowest BCUT2D eigenvalue weighted by atomic mass is 10.2. The van der Waals surface area contributed by atoms with Gasteiger partial charge in [0.1, 0.15) is 5.76 Å². The monoisotopic (exact) mass is 138 g/mol. The Hall–Kier alpha value is -1.09. The Balaban J connectivity index is 2.35. The second-order valence-electron chi connectivity index (χ2n) is 2.17. The van der Waals surface area contributed by atoms with Crippen LogP contribution in [0.25, 0.3) is 0 Å². The van der Waals surface area contributed by atoms with Crippen molar-refractivity contribution in [3.8, 4) is 0 Å². The minimum absolute atomic E-state index is 0.285. The summed E-state index contributed by atoms with van der Waals surface area (Å²) in [6, 6.07) is 0. The summed E-state index contributed by atoms with van der Waals surface area (Å²) in [4.78, 5) is 10.6. The topological polar surface area (TPSA) is 35.5 Å². The lowest BCUT2D eigenvalue weighted by molar-refractivity contribution is -0.132. The second kappa shape index (κ2) is 1.95. The van der Waals surface area contributed by atoms with Gasteiger partial charge in [0, 0.05) is 11.6 Å². The van der Waals surface area contributed by atoms with Crippen molar-refractivity contribution in [2.75, 3.05) is 13.2 Å². The molecule has 10 heavy (non-hydrogen) atoms. The summed E-state index contributed by atoms with van der Waals surface area (Å²) >= 11 is 0. The number of carbonyl (C=O) groups excluding carboxylic acids is 1. The fourth-order valence-corrected chi connectivity index (χ4v) is 1.01. The minimum Gasteiger partial charge on any atom is -0.423 e. The minimum atomic E-state index is -0.285. The first kappa shape index (κ1) is 5.68. The normalized spacial score (nSPS) is 23.0. The van der Waals surface area contributed by atoms with E-state index < -0.39 is 0 Å². The number of hydrogen-bond acceptors (Lipinski definition) is 3. The van der Waals surface area contributed by atoms with Gasteiger partial charge < -0.3 is 9.47 Å². The van der Waals surface area contributed by atoms with Crippen molar-refractivity contribution in [2.24, 2.45) is 0 Å². The van der Waals surface area contributed by atoms with Crippen LogP contribution in [0.3, 0.4) is 0 Å². The smallest absolute Gasteiger partial charge is 0.336 e. The molecule has 3 heteroatoms. The highest BCUT2D eigenvalue weighted by Crippen LogP contribution is 2.22. The third-order valence-corrected chi connectivity index (χ3v) is 1.46. The molecule has 0 aliphatic carbocycles. The molecule has 52 valence electrons. The maximum atomic E-state index is 10.6. The van der Waals surface area contributed by atoms with Crippen LogP contribution in [-0.2, 0) is 14.3 Å². The molecule has 0 atom stereocenters. The summed E-state index contributed by atoms with van der Waals surface area (Å²) in [7, 11) is 0. The van der Waals surface area contributed by atoms with Gasteiger partial charge in [-0.1, -0.05) is 0 Å². The van der Waals surface area contributed by atoms with Crippen molar-refractivity contribution in [3.05, 3.63) is 23.5 Å². The average molecular weight is 138 g/mol. The molecule has 2 aliphatic heterocycles. The lowest BCUT2D eigenvalue weighted by Gasteiger charge is -2.09. The summed E-state index contributed by atoms with van der Waals surface area (Å²) in [5, 5.41) is 0. The number of fused-ring (bicyclic) bond motifs is 1. The zero-order valence-electron chi connectivity index (χ0n) is 5.29. The molecule has 0 aromatic rings. The third kappa shape index (κ3) is 0.752. The zero-order chi connectivity index (χ0) is 6.97. The van der Waals surface area contributed by atoms with Crippen LogP contribution in [0.4, 0.5) is 0 Å². The van der Waals surface area contributed by atoms with Gasteiger partial charge in [-0.05, 0) is 6.08 Å². The van der Waals surface area contributed by atoms with E-state index in [2.05, 4.69) is 0 Å². The Morgan fingerprint density at radius 3 is 3.20 bits per heavy atom. The van der Waals surface area contributed by atoms with Crippen molar-refractivity contribution in [2.45, 2.75) is 0 Å². The first-order chi connectivity index (χ1) is 4.86. The molecule has 0 saturated heterocycles. The van der Waals surface area contributed by atoms with Crippen LogP contribution >= 0.6 is 0 Å². The number of esters is 1. The van der Waals surface area contributed by atoms with E-state index in [9.17, 15) is 4.79 Å². The standard InChI is InChI=1S/C7H6O3/c8-7-3-5-4-9-2-1-6(5)10-7/h1,3H,2,4H2. The average Bonchev–Trinajstić information content (AvgIpc) is 2.27. The quantitative estimate of drug-likeness (QED) is 0.454. The Morgan fingerprint density at radius 1 is 1.50 bits per heavy atom. The molecule has 0 aromatic carbocycles. The van der Waals surface area contributed by atoms with Gasteiger partial charge in [-0.3, -0.25) is 0 Å². The van der Waals surface area contributed by atoms with Gasteiger partial charge in [0.25, 0.3) is 0 Å². The molecular weight excluding hydrogens is 132 g/mol. The summed E-state index contributed by atoms with van der Waals surface area (Å²) in [5.41, 5.74) is 0.858. The molecular formula is C7H6O3. The van der Waals surface area contributed by atoms with E-state index in [1.807, 2.05) is 0 Å². The largest absolute Gasteiger partial charge is 0.423 e. The van der Waals surface area contributed by atoms with Crippen LogP contribution in [0.15, 0.2) is 23.5 Å². The molecule has 0 bridgehead atoms. The number of ether oxygens (including phenoxy) is 2. The predicted molar refractivity (Wildman–Crippen MR) is 33.1 cm³/mol. The van der Waals surface area contributed by atoms with Crippen molar-refractivity contribution in [1.29, 1.82) is 0 Å². The predicted octanol–water partition coefficient (Wildman–Crippen LogP) is 0.384. The highest BCUT2D eigenvalue weighted by Gasteiger charge is 2.21. The molecule has 0 amide bonds. The molecule has 0 saturated carbocycles. The Kier molecular flexibility index (Phi) is 1.11. The summed E-state index contributed by atoms with van der Waals surface area (Å²) in [6.07, 6.45) is 3.23. The molecule has 3 nitrogen and oxygen atoms in total. The molecule has 0 aromatic heterocycles. The van der Waals surface area contributed by atoms with Crippen LogP contribution in [0.1, 0.15) is 0 Å². The van der Waals surface area contributed by atoms with Crippen molar-refractivity contribution in [1.82, 2.24) is 0 Å². The number of hydrogen-bond donors (Lipinski definition) is 0. The third-order valence-electron chi connectivity index (χ3n) is 1.46. The van der Waals surface area contributed by atoms with E-state index in [-0.39, 0.29) is 5.97 Å². The van der Waals surface area contributed by atoms with E-state index in [1.54, 1.807) is 6.08 Å². The first-order valence-corrected chi connectivity index (χ1v) is 3.07. The van der Waals surface area contributed by atoms with Gasteiger partial charge >= 0.3 is 5.97 Å². The SMILES string of the molecule is O=C1C=C2COCC=C2O1. The van der Waals surface area contributed by atoms with Crippen molar-refractivity contribution < 1.29 is 14.3 Å². The van der Waals surface area contributed by atoms with Gasteiger partial charge in [0.05, 0.1) is 13.2 Å². The summed E-state index contributed by atoms with van der Waals surface area (Å²) in [5.74, 6) is 0.392. The molecule has 0 radical (unpaired) electrons. The summed E-state index contributed by atoms with van der Waals surface area (Å²) < 4.78 is 9.87. The van der Waals surface area contributed by atoms with Crippen LogP contribution in [0.2, 0.25) is 0 Å². The number of carbonyl (C=O) groups is 1. The second-order valence-corrected chi connectivity index (χ2v) is 2.17. The molecule has 2 heterocycles. The first-order valence-electron chi connectivity index (χ1n) is 3.07. The Labute approximate surface area is 57.9 Å². The lowest BCUT2D eigenvalue weighted by Crippen LogP contribution is -2.06. The Bertz CT molecular complexity index is 237. The number of rotatable bonds is 0. The van der Waals surface area contributed by atoms with E-state index in [0.717, 1.165) is 5.57 Å². The van der Waals surface area contributed by atoms with E-state index >= 15 is 0 Å². The van der Waals surface area contributed by atoms with Gasteiger partial charge in [-0.2, -0.15) is 0 Å². The van der Waals surface area contributed by atoms with Crippen LogP contribution in [0.5, 0.6) is 0 Å². The molecule has 0 fully saturated rings. The highest BCUT2D eigenvalue weighted by atomic mass is 16.5. The molecule has 0 spiro atoms. The maximum Gasteiger partial charge on any atom is 0.336 e. The zero-order valence-corrected chi connectivity index (χ0v) is 5.29. The van der Waals surface area contributed by atoms with Crippen LogP contribution in [-0.4, -0.2) is 19.2 Å². The van der Waals surface area contributed by atoms with Gasteiger partial charge in [0.2, 0.25) is 0 Å². The Morgan fingerprint density at radius 2 is 2.40 bits per heavy atom.